The highest BCUT2D eigenvalue weighted by atomic mass is 32.2. The zero-order valence-corrected chi connectivity index (χ0v) is 11.5. The molecule has 5 heteroatoms. The summed E-state index contributed by atoms with van der Waals surface area (Å²) in [6.45, 7) is 3.75. The zero-order valence-electron chi connectivity index (χ0n) is 10.7. The van der Waals surface area contributed by atoms with Gasteiger partial charge in [0, 0.05) is 10.5 Å². The third kappa shape index (κ3) is 2.56. The molecule has 0 aliphatic rings. The van der Waals surface area contributed by atoms with Crippen LogP contribution in [-0.2, 0) is 0 Å². The van der Waals surface area contributed by atoms with E-state index in [1.54, 1.807) is 11.8 Å². The van der Waals surface area contributed by atoms with E-state index < -0.39 is 0 Å². The van der Waals surface area contributed by atoms with E-state index in [1.165, 1.54) is 4.90 Å². The summed E-state index contributed by atoms with van der Waals surface area (Å²) in [5.74, 6) is 1.95. The van der Waals surface area contributed by atoms with Gasteiger partial charge in [-0.1, -0.05) is 12.1 Å². The molecule has 0 fully saturated rings. The molecule has 2 aromatic rings. The fraction of sp³-hybridized carbons (Fsp3) is 0.231. The first-order valence-electron chi connectivity index (χ1n) is 5.62. The Morgan fingerprint density at radius 2 is 1.89 bits per heavy atom. The van der Waals surface area contributed by atoms with Crippen LogP contribution in [0.15, 0.2) is 29.2 Å². The molecule has 0 saturated carbocycles. The van der Waals surface area contributed by atoms with Crippen molar-refractivity contribution in [3.8, 4) is 0 Å². The lowest BCUT2D eigenvalue weighted by molar-refractivity contribution is 1.04. The average Bonchev–Trinajstić information content (AvgIpc) is 2.36. The third-order valence-corrected chi connectivity index (χ3v) is 3.45. The first kappa shape index (κ1) is 12.7. The van der Waals surface area contributed by atoms with Crippen LogP contribution in [0.3, 0.4) is 0 Å². The van der Waals surface area contributed by atoms with Crippen molar-refractivity contribution in [2.24, 2.45) is 0 Å². The van der Waals surface area contributed by atoms with Crippen molar-refractivity contribution >= 4 is 29.1 Å². The monoisotopic (exact) mass is 260 g/mol. The molecule has 0 spiro atoms. The van der Waals surface area contributed by atoms with Crippen LogP contribution in [0.4, 0.5) is 17.3 Å². The third-order valence-electron chi connectivity index (χ3n) is 2.66. The van der Waals surface area contributed by atoms with Gasteiger partial charge < -0.3 is 11.1 Å². The molecule has 0 aliphatic heterocycles. The van der Waals surface area contributed by atoms with Crippen molar-refractivity contribution in [1.29, 1.82) is 0 Å². The summed E-state index contributed by atoms with van der Waals surface area (Å²) in [5, 5.41) is 3.32. The van der Waals surface area contributed by atoms with Crippen LogP contribution >= 0.6 is 11.8 Å². The van der Waals surface area contributed by atoms with E-state index in [9.17, 15) is 0 Å². The first-order valence-corrected chi connectivity index (χ1v) is 6.85. The summed E-state index contributed by atoms with van der Waals surface area (Å²) >= 11 is 1.69. The summed E-state index contributed by atoms with van der Waals surface area (Å²) in [6, 6.07) is 8.11. The molecule has 0 saturated heterocycles. The molecule has 3 N–H and O–H groups in total. The Morgan fingerprint density at radius 1 is 1.17 bits per heavy atom. The summed E-state index contributed by atoms with van der Waals surface area (Å²) in [5.41, 5.74) is 7.75. The minimum Gasteiger partial charge on any atom is -0.383 e. The van der Waals surface area contributed by atoms with Gasteiger partial charge in [-0.2, -0.15) is 0 Å². The zero-order chi connectivity index (χ0) is 13.1. The normalized spacial score (nSPS) is 10.4. The van der Waals surface area contributed by atoms with Crippen molar-refractivity contribution in [2.45, 2.75) is 18.7 Å². The number of benzene rings is 1. The molecule has 1 aromatic carbocycles. The SMILES string of the molecule is CSc1ccccc1Nc1nc(C)nc(N)c1C. The van der Waals surface area contributed by atoms with Gasteiger partial charge in [0.1, 0.15) is 17.5 Å². The van der Waals surface area contributed by atoms with Crippen LogP contribution in [0.5, 0.6) is 0 Å². The summed E-state index contributed by atoms with van der Waals surface area (Å²) in [6.07, 6.45) is 2.05. The fourth-order valence-corrected chi connectivity index (χ4v) is 2.20. The number of rotatable bonds is 3. The Morgan fingerprint density at radius 3 is 2.61 bits per heavy atom. The molecule has 4 nitrogen and oxygen atoms in total. The highest BCUT2D eigenvalue weighted by Crippen LogP contribution is 2.29. The number of para-hydroxylation sites is 1. The number of nitrogens with zero attached hydrogens (tertiary/aromatic N) is 2. The van der Waals surface area contributed by atoms with Crippen molar-refractivity contribution in [2.75, 3.05) is 17.3 Å². The molecule has 0 aliphatic carbocycles. The highest BCUT2D eigenvalue weighted by Gasteiger charge is 2.08. The molecule has 2 rings (SSSR count). The van der Waals surface area contributed by atoms with Gasteiger partial charge in [0.05, 0.1) is 5.69 Å². The Hall–Kier alpha value is -1.75. The number of hydrogen-bond donors (Lipinski definition) is 2. The topological polar surface area (TPSA) is 63.8 Å². The van der Waals surface area contributed by atoms with Crippen molar-refractivity contribution in [3.63, 3.8) is 0 Å². The van der Waals surface area contributed by atoms with Gasteiger partial charge in [-0.25, -0.2) is 9.97 Å². The molecule has 1 aromatic heterocycles. The maximum atomic E-state index is 5.85. The summed E-state index contributed by atoms with van der Waals surface area (Å²) in [7, 11) is 0. The number of nitrogens with two attached hydrogens (primary N) is 1. The second-order valence-electron chi connectivity index (χ2n) is 3.95. The van der Waals surface area contributed by atoms with Gasteiger partial charge >= 0.3 is 0 Å². The number of nitrogens with one attached hydrogen (secondary N) is 1. The largest absolute Gasteiger partial charge is 0.383 e. The lowest BCUT2D eigenvalue weighted by Gasteiger charge is -2.13. The van der Waals surface area contributed by atoms with E-state index in [1.807, 2.05) is 38.3 Å². The van der Waals surface area contributed by atoms with E-state index in [0.29, 0.717) is 11.6 Å². The number of aromatic nitrogens is 2. The van der Waals surface area contributed by atoms with Gasteiger partial charge in [0.15, 0.2) is 0 Å². The predicted molar refractivity (Wildman–Crippen MR) is 77.4 cm³/mol. The minimum atomic E-state index is 0.520. The van der Waals surface area contributed by atoms with Crippen LogP contribution in [0.1, 0.15) is 11.4 Å². The van der Waals surface area contributed by atoms with Crippen LogP contribution in [0.2, 0.25) is 0 Å². The van der Waals surface area contributed by atoms with E-state index in [2.05, 4.69) is 21.4 Å². The molecule has 1 heterocycles. The summed E-state index contributed by atoms with van der Waals surface area (Å²) < 4.78 is 0. The van der Waals surface area contributed by atoms with Gasteiger partial charge in [0.2, 0.25) is 0 Å². The number of hydrogen-bond acceptors (Lipinski definition) is 5. The molecular formula is C13H16N4S. The smallest absolute Gasteiger partial charge is 0.139 e. The molecular weight excluding hydrogens is 244 g/mol. The highest BCUT2D eigenvalue weighted by molar-refractivity contribution is 7.98. The molecule has 0 bridgehead atoms. The maximum Gasteiger partial charge on any atom is 0.139 e. The van der Waals surface area contributed by atoms with Gasteiger partial charge in [-0.05, 0) is 32.2 Å². The number of nitrogen functional groups attached to an aromatic ring is 1. The van der Waals surface area contributed by atoms with Crippen molar-refractivity contribution in [1.82, 2.24) is 9.97 Å². The second-order valence-corrected chi connectivity index (χ2v) is 4.80. The van der Waals surface area contributed by atoms with Crippen LogP contribution < -0.4 is 11.1 Å². The van der Waals surface area contributed by atoms with Crippen molar-refractivity contribution in [3.05, 3.63) is 35.7 Å². The van der Waals surface area contributed by atoms with E-state index in [0.717, 1.165) is 17.1 Å². The van der Waals surface area contributed by atoms with E-state index in [-0.39, 0.29) is 0 Å². The van der Waals surface area contributed by atoms with E-state index in [4.69, 9.17) is 5.73 Å². The predicted octanol–water partition coefficient (Wildman–Crippen LogP) is 3.14. The molecule has 0 atom stereocenters. The Kier molecular flexibility index (Phi) is 3.72. The average molecular weight is 260 g/mol. The lowest BCUT2D eigenvalue weighted by atomic mass is 10.2. The Balaban J connectivity index is 2.40. The first-order chi connectivity index (χ1) is 8.61. The number of anilines is 3. The van der Waals surface area contributed by atoms with Gasteiger partial charge in [0.25, 0.3) is 0 Å². The quantitative estimate of drug-likeness (QED) is 0.830. The van der Waals surface area contributed by atoms with E-state index >= 15 is 0 Å². The Labute approximate surface area is 111 Å². The van der Waals surface area contributed by atoms with Gasteiger partial charge in [-0.15, -0.1) is 11.8 Å². The molecule has 0 radical (unpaired) electrons. The van der Waals surface area contributed by atoms with Crippen LogP contribution in [0, 0.1) is 13.8 Å². The number of thioether (sulfide) groups is 1. The van der Waals surface area contributed by atoms with Crippen LogP contribution in [0.25, 0.3) is 0 Å². The van der Waals surface area contributed by atoms with Crippen molar-refractivity contribution < 1.29 is 0 Å². The Bertz CT molecular complexity index is 569. The minimum absolute atomic E-state index is 0.520. The van der Waals surface area contributed by atoms with Gasteiger partial charge in [-0.3, -0.25) is 0 Å². The molecule has 0 amide bonds. The molecule has 94 valence electrons. The standard InChI is InChI=1S/C13H16N4S/c1-8-12(14)15-9(2)16-13(8)17-10-6-4-5-7-11(10)18-3/h4-7H,1-3H3,(H3,14,15,16,17). The van der Waals surface area contributed by atoms with Crippen LogP contribution in [-0.4, -0.2) is 16.2 Å². The molecule has 18 heavy (non-hydrogen) atoms. The molecule has 0 unspecified atom stereocenters. The lowest BCUT2D eigenvalue weighted by Crippen LogP contribution is -2.05. The maximum absolute atomic E-state index is 5.85. The summed E-state index contributed by atoms with van der Waals surface area (Å²) in [4.78, 5) is 9.71. The number of aryl methyl sites for hydroxylation is 1. The fourth-order valence-electron chi connectivity index (χ4n) is 1.65. The second kappa shape index (κ2) is 5.27.